The summed E-state index contributed by atoms with van der Waals surface area (Å²) in [4.78, 5) is 22.9. The van der Waals surface area contributed by atoms with Gasteiger partial charge in [0.05, 0.1) is 15.7 Å². The summed E-state index contributed by atoms with van der Waals surface area (Å²) in [6.07, 6.45) is 0. The van der Waals surface area contributed by atoms with Gasteiger partial charge in [-0.3, -0.25) is 4.79 Å². The van der Waals surface area contributed by atoms with E-state index in [-0.39, 0.29) is 15.6 Å². The van der Waals surface area contributed by atoms with E-state index in [1.165, 1.54) is 36.4 Å². The lowest BCUT2D eigenvalue weighted by molar-refractivity contribution is 0.0696. The zero-order valence-corrected chi connectivity index (χ0v) is 13.5. The van der Waals surface area contributed by atoms with E-state index in [1.54, 1.807) is 0 Å². The van der Waals surface area contributed by atoms with Gasteiger partial charge in [0.25, 0.3) is 5.91 Å². The van der Waals surface area contributed by atoms with Crippen LogP contribution in [0.2, 0.25) is 0 Å². The Labute approximate surface area is 136 Å². The van der Waals surface area contributed by atoms with Gasteiger partial charge in [0.1, 0.15) is 5.82 Å². The van der Waals surface area contributed by atoms with Gasteiger partial charge in [-0.2, -0.15) is 0 Å². The molecule has 0 aromatic heterocycles. The second-order valence-electron chi connectivity index (χ2n) is 4.08. The molecule has 0 atom stereocenters. The third-order valence-corrected chi connectivity index (χ3v) is 3.91. The minimum absolute atomic E-state index is 0.101. The number of aromatic carboxylic acids is 1. The number of hydrogen-bond donors (Lipinski definition) is 2. The molecule has 0 saturated carbocycles. The van der Waals surface area contributed by atoms with Crippen LogP contribution in [0.1, 0.15) is 20.7 Å². The molecule has 0 saturated heterocycles. The smallest absolute Gasteiger partial charge is 0.335 e. The molecule has 21 heavy (non-hydrogen) atoms. The first-order chi connectivity index (χ1) is 9.88. The standard InChI is InChI=1S/C14H8Br2FNO3/c15-9-5-7(1-3-11(9)17)13(19)18-12-4-2-8(14(20)21)6-10(12)16/h1-6H,(H,18,19)(H,20,21). The molecule has 4 nitrogen and oxygen atoms in total. The molecule has 0 aliphatic carbocycles. The van der Waals surface area contributed by atoms with Crippen molar-refractivity contribution >= 4 is 49.4 Å². The maximum Gasteiger partial charge on any atom is 0.335 e. The Morgan fingerprint density at radius 1 is 1.00 bits per heavy atom. The third kappa shape index (κ3) is 3.68. The molecule has 0 aliphatic rings. The normalized spacial score (nSPS) is 10.2. The van der Waals surface area contributed by atoms with Crippen molar-refractivity contribution < 1.29 is 19.1 Å². The molecule has 0 heterocycles. The molecule has 2 aromatic carbocycles. The average molecular weight is 417 g/mol. The molecule has 2 rings (SSSR count). The summed E-state index contributed by atoms with van der Waals surface area (Å²) < 4.78 is 13.8. The van der Waals surface area contributed by atoms with Crippen molar-refractivity contribution in [2.75, 3.05) is 5.32 Å². The number of halogens is 3. The largest absolute Gasteiger partial charge is 0.478 e. The molecule has 108 valence electrons. The minimum atomic E-state index is -1.06. The summed E-state index contributed by atoms with van der Waals surface area (Å²) in [6.45, 7) is 0. The number of carbonyl (C=O) groups is 2. The van der Waals surface area contributed by atoms with Crippen molar-refractivity contribution in [3.8, 4) is 0 Å². The Bertz CT molecular complexity index is 734. The highest BCUT2D eigenvalue weighted by molar-refractivity contribution is 9.10. The zero-order valence-electron chi connectivity index (χ0n) is 10.4. The van der Waals surface area contributed by atoms with Crippen molar-refractivity contribution in [1.29, 1.82) is 0 Å². The number of carbonyl (C=O) groups excluding carboxylic acids is 1. The first-order valence-electron chi connectivity index (χ1n) is 5.67. The number of amides is 1. The topological polar surface area (TPSA) is 66.4 Å². The number of anilines is 1. The van der Waals surface area contributed by atoms with E-state index in [2.05, 4.69) is 37.2 Å². The van der Waals surface area contributed by atoms with Crippen LogP contribution in [0.5, 0.6) is 0 Å². The van der Waals surface area contributed by atoms with Gasteiger partial charge >= 0.3 is 5.97 Å². The Kier molecular flexibility index (Phi) is 4.74. The van der Waals surface area contributed by atoms with Gasteiger partial charge in [0, 0.05) is 10.0 Å². The number of rotatable bonds is 3. The van der Waals surface area contributed by atoms with E-state index in [1.807, 2.05) is 0 Å². The van der Waals surface area contributed by atoms with Crippen LogP contribution in [-0.4, -0.2) is 17.0 Å². The van der Waals surface area contributed by atoms with Gasteiger partial charge in [0.15, 0.2) is 0 Å². The molecule has 2 aromatic rings. The van der Waals surface area contributed by atoms with Crippen LogP contribution < -0.4 is 5.32 Å². The van der Waals surface area contributed by atoms with E-state index in [4.69, 9.17) is 5.11 Å². The number of carboxylic acid groups (broad SMARTS) is 1. The highest BCUT2D eigenvalue weighted by Gasteiger charge is 2.12. The molecule has 0 unspecified atom stereocenters. The van der Waals surface area contributed by atoms with Gasteiger partial charge in [0.2, 0.25) is 0 Å². The van der Waals surface area contributed by atoms with Gasteiger partial charge in [-0.1, -0.05) is 0 Å². The maximum absolute atomic E-state index is 13.1. The second kappa shape index (κ2) is 6.36. The van der Waals surface area contributed by atoms with Crippen LogP contribution in [0, 0.1) is 5.82 Å². The number of benzene rings is 2. The maximum atomic E-state index is 13.1. The predicted octanol–water partition coefficient (Wildman–Crippen LogP) is 4.30. The van der Waals surface area contributed by atoms with E-state index >= 15 is 0 Å². The lowest BCUT2D eigenvalue weighted by Gasteiger charge is -2.08. The van der Waals surface area contributed by atoms with E-state index in [0.29, 0.717) is 10.2 Å². The fraction of sp³-hybridized carbons (Fsp3) is 0. The first-order valence-corrected chi connectivity index (χ1v) is 7.26. The zero-order chi connectivity index (χ0) is 15.6. The summed E-state index contributed by atoms with van der Waals surface area (Å²) >= 11 is 6.21. The van der Waals surface area contributed by atoms with Crippen LogP contribution in [0.3, 0.4) is 0 Å². The van der Waals surface area contributed by atoms with Gasteiger partial charge < -0.3 is 10.4 Å². The lowest BCUT2D eigenvalue weighted by Crippen LogP contribution is -2.12. The van der Waals surface area contributed by atoms with E-state index in [0.717, 1.165) is 0 Å². The summed E-state index contributed by atoms with van der Waals surface area (Å²) in [5.74, 6) is -1.95. The second-order valence-corrected chi connectivity index (χ2v) is 5.79. The Hall–Kier alpha value is -1.73. The minimum Gasteiger partial charge on any atom is -0.478 e. The quantitative estimate of drug-likeness (QED) is 0.783. The third-order valence-electron chi connectivity index (χ3n) is 2.65. The van der Waals surface area contributed by atoms with Gasteiger partial charge in [-0.15, -0.1) is 0 Å². The number of hydrogen-bond acceptors (Lipinski definition) is 2. The molecule has 0 bridgehead atoms. The summed E-state index contributed by atoms with van der Waals surface area (Å²) in [5.41, 5.74) is 0.798. The Morgan fingerprint density at radius 3 is 2.19 bits per heavy atom. The SMILES string of the molecule is O=C(O)c1ccc(NC(=O)c2ccc(F)c(Br)c2)c(Br)c1. The molecular formula is C14H8Br2FNO3. The van der Waals surface area contributed by atoms with Crippen molar-refractivity contribution in [2.45, 2.75) is 0 Å². The number of nitrogens with one attached hydrogen (secondary N) is 1. The molecule has 7 heteroatoms. The molecule has 0 spiro atoms. The number of carboxylic acids is 1. The van der Waals surface area contributed by atoms with Crippen LogP contribution >= 0.6 is 31.9 Å². The van der Waals surface area contributed by atoms with Crippen molar-refractivity contribution in [3.05, 3.63) is 62.3 Å². The fourth-order valence-electron chi connectivity index (χ4n) is 1.58. The van der Waals surface area contributed by atoms with Crippen molar-refractivity contribution in [1.82, 2.24) is 0 Å². The Balaban J connectivity index is 2.23. The Morgan fingerprint density at radius 2 is 1.62 bits per heavy atom. The van der Waals surface area contributed by atoms with E-state index < -0.39 is 17.7 Å². The van der Waals surface area contributed by atoms with Gasteiger partial charge in [-0.05, 0) is 68.3 Å². The average Bonchev–Trinajstić information content (AvgIpc) is 2.43. The predicted molar refractivity (Wildman–Crippen MR) is 83.2 cm³/mol. The summed E-state index contributed by atoms with van der Waals surface area (Å²) in [7, 11) is 0. The molecular weight excluding hydrogens is 409 g/mol. The lowest BCUT2D eigenvalue weighted by atomic mass is 10.2. The van der Waals surface area contributed by atoms with Crippen molar-refractivity contribution in [3.63, 3.8) is 0 Å². The van der Waals surface area contributed by atoms with Gasteiger partial charge in [-0.25, -0.2) is 9.18 Å². The summed E-state index contributed by atoms with van der Waals surface area (Å²) in [6, 6.07) is 8.15. The van der Waals surface area contributed by atoms with Crippen LogP contribution in [0.25, 0.3) is 0 Å². The van der Waals surface area contributed by atoms with Crippen LogP contribution in [0.4, 0.5) is 10.1 Å². The van der Waals surface area contributed by atoms with Crippen LogP contribution in [-0.2, 0) is 0 Å². The fourth-order valence-corrected chi connectivity index (χ4v) is 2.44. The first kappa shape index (κ1) is 15.7. The van der Waals surface area contributed by atoms with Crippen molar-refractivity contribution in [2.24, 2.45) is 0 Å². The summed E-state index contributed by atoms with van der Waals surface area (Å²) in [5, 5.41) is 11.5. The van der Waals surface area contributed by atoms with E-state index in [9.17, 15) is 14.0 Å². The molecule has 1 amide bonds. The molecule has 0 aliphatic heterocycles. The highest BCUT2D eigenvalue weighted by Crippen LogP contribution is 2.25. The molecule has 0 fully saturated rings. The van der Waals surface area contributed by atoms with Crippen LogP contribution in [0.15, 0.2) is 45.3 Å². The molecule has 2 N–H and O–H groups in total. The highest BCUT2D eigenvalue weighted by atomic mass is 79.9. The molecule has 0 radical (unpaired) electrons. The monoisotopic (exact) mass is 415 g/mol.